The molecule has 0 radical (unpaired) electrons. The second kappa shape index (κ2) is 9.71. The quantitative estimate of drug-likeness (QED) is 0.401. The molecule has 0 aliphatic rings. The second-order valence-electron chi connectivity index (χ2n) is 6.59. The first-order valence-corrected chi connectivity index (χ1v) is 10.9. The van der Waals surface area contributed by atoms with Crippen molar-refractivity contribution in [3.05, 3.63) is 81.9 Å². The van der Waals surface area contributed by atoms with Crippen LogP contribution in [0.2, 0.25) is 0 Å². The van der Waals surface area contributed by atoms with E-state index in [0.29, 0.717) is 17.7 Å². The zero-order valence-corrected chi connectivity index (χ0v) is 18.2. The molecule has 3 aromatic rings. The Labute approximate surface area is 178 Å². The lowest BCUT2D eigenvalue weighted by molar-refractivity contribution is 0.0600. The van der Waals surface area contributed by atoms with Gasteiger partial charge in [0.25, 0.3) is 5.91 Å². The predicted octanol–water partition coefficient (Wildman–Crippen LogP) is 4.80. The summed E-state index contributed by atoms with van der Waals surface area (Å²) < 4.78 is 5.75. The van der Waals surface area contributed by atoms with Crippen LogP contribution in [0.4, 0.5) is 0 Å². The largest absolute Gasteiger partial charge is 0.465 e. The lowest BCUT2D eigenvalue weighted by Crippen LogP contribution is -2.26. The van der Waals surface area contributed by atoms with Gasteiger partial charge in [0.1, 0.15) is 4.34 Å². The van der Waals surface area contributed by atoms with Crippen molar-refractivity contribution in [1.29, 1.82) is 0 Å². The lowest BCUT2D eigenvalue weighted by atomic mass is 10.1. The van der Waals surface area contributed by atoms with Crippen molar-refractivity contribution >= 4 is 35.0 Å². The molecule has 1 amide bonds. The summed E-state index contributed by atoms with van der Waals surface area (Å²) in [6, 6.07) is 14.8. The van der Waals surface area contributed by atoms with E-state index in [9.17, 15) is 9.59 Å². The fourth-order valence-electron chi connectivity index (χ4n) is 2.72. The topological polar surface area (TPSA) is 59.5 Å². The molecule has 1 aromatic heterocycles. The van der Waals surface area contributed by atoms with Crippen molar-refractivity contribution in [3.8, 4) is 0 Å². The van der Waals surface area contributed by atoms with Crippen LogP contribution in [0.1, 0.15) is 37.5 Å². The van der Waals surface area contributed by atoms with Crippen LogP contribution in [0.5, 0.6) is 0 Å². The Morgan fingerprint density at radius 1 is 1.03 bits per heavy atom. The van der Waals surface area contributed by atoms with Crippen molar-refractivity contribution in [1.82, 2.24) is 9.88 Å². The third kappa shape index (κ3) is 5.68. The van der Waals surface area contributed by atoms with Gasteiger partial charge < -0.3 is 9.64 Å². The molecule has 0 N–H and O–H groups in total. The standard InChI is InChI=1S/C22H22N2O3S2/c1-15-13-28-22(23-15)29-14-17-6-8-18(9-7-17)20(25)24(2)12-16-4-10-19(11-5-16)21(26)27-3/h4-11,13H,12,14H2,1-3H3. The van der Waals surface area contributed by atoms with Gasteiger partial charge in [-0.2, -0.15) is 0 Å². The monoisotopic (exact) mass is 426 g/mol. The van der Waals surface area contributed by atoms with Crippen molar-refractivity contribution in [2.45, 2.75) is 23.6 Å². The molecule has 29 heavy (non-hydrogen) atoms. The first-order chi connectivity index (χ1) is 14.0. The number of carbonyl (C=O) groups excluding carboxylic acids is 2. The number of nitrogens with zero attached hydrogens (tertiary/aromatic N) is 2. The molecule has 0 unspecified atom stereocenters. The van der Waals surface area contributed by atoms with Crippen molar-refractivity contribution < 1.29 is 14.3 Å². The number of benzene rings is 2. The summed E-state index contributed by atoms with van der Waals surface area (Å²) in [4.78, 5) is 30.3. The Bertz CT molecular complexity index is 982. The van der Waals surface area contributed by atoms with Crippen LogP contribution in [0.15, 0.2) is 58.3 Å². The summed E-state index contributed by atoms with van der Waals surface area (Å²) in [5.41, 5.74) is 4.28. The number of rotatable bonds is 7. The first-order valence-electron chi connectivity index (χ1n) is 9.03. The summed E-state index contributed by atoms with van der Waals surface area (Å²) in [7, 11) is 3.12. The molecule has 150 valence electrons. The fourth-order valence-corrected chi connectivity index (χ4v) is 4.52. The maximum Gasteiger partial charge on any atom is 0.337 e. The van der Waals surface area contributed by atoms with Crippen LogP contribution in [-0.4, -0.2) is 35.9 Å². The maximum absolute atomic E-state index is 12.7. The number of aromatic nitrogens is 1. The van der Waals surface area contributed by atoms with Crippen LogP contribution in [-0.2, 0) is 17.0 Å². The number of aryl methyl sites for hydroxylation is 1. The molecular weight excluding hydrogens is 404 g/mol. The highest BCUT2D eigenvalue weighted by molar-refractivity contribution is 8.00. The summed E-state index contributed by atoms with van der Waals surface area (Å²) in [6.45, 7) is 2.45. The molecule has 0 saturated heterocycles. The average Bonchev–Trinajstić information content (AvgIpc) is 3.17. The van der Waals surface area contributed by atoms with Crippen LogP contribution in [0.25, 0.3) is 0 Å². The fraction of sp³-hybridized carbons (Fsp3) is 0.227. The van der Waals surface area contributed by atoms with E-state index in [-0.39, 0.29) is 11.9 Å². The normalized spacial score (nSPS) is 10.6. The molecule has 3 rings (SSSR count). The molecule has 1 heterocycles. The number of thiazole rings is 1. The molecule has 7 heteroatoms. The molecule has 0 spiro atoms. The van der Waals surface area contributed by atoms with Crippen LogP contribution in [0, 0.1) is 6.92 Å². The van der Waals surface area contributed by atoms with E-state index in [1.54, 1.807) is 47.2 Å². The minimum absolute atomic E-state index is 0.0446. The van der Waals surface area contributed by atoms with E-state index >= 15 is 0 Å². The van der Waals surface area contributed by atoms with Gasteiger partial charge in [-0.1, -0.05) is 36.0 Å². The van der Waals surface area contributed by atoms with E-state index in [1.165, 1.54) is 7.11 Å². The number of ether oxygens (including phenoxy) is 1. The number of esters is 1. The molecule has 0 aliphatic carbocycles. The minimum atomic E-state index is -0.371. The van der Waals surface area contributed by atoms with Gasteiger partial charge in [0.15, 0.2) is 0 Å². The van der Waals surface area contributed by atoms with Gasteiger partial charge in [0.05, 0.1) is 12.7 Å². The van der Waals surface area contributed by atoms with Crippen LogP contribution < -0.4 is 0 Å². The van der Waals surface area contributed by atoms with Gasteiger partial charge in [-0.25, -0.2) is 9.78 Å². The highest BCUT2D eigenvalue weighted by Crippen LogP contribution is 2.26. The van der Waals surface area contributed by atoms with Crippen LogP contribution in [0.3, 0.4) is 0 Å². The summed E-state index contributed by atoms with van der Waals surface area (Å²) >= 11 is 3.35. The van der Waals surface area contributed by atoms with Crippen molar-refractivity contribution in [2.75, 3.05) is 14.2 Å². The number of amides is 1. The molecule has 0 aliphatic heterocycles. The summed E-state index contributed by atoms with van der Waals surface area (Å²) in [5, 5.41) is 2.04. The third-order valence-electron chi connectivity index (χ3n) is 4.30. The molecule has 0 fully saturated rings. The smallest absolute Gasteiger partial charge is 0.337 e. The van der Waals surface area contributed by atoms with Crippen molar-refractivity contribution in [2.24, 2.45) is 0 Å². The van der Waals surface area contributed by atoms with Gasteiger partial charge in [-0.05, 0) is 42.3 Å². The van der Waals surface area contributed by atoms with Crippen molar-refractivity contribution in [3.63, 3.8) is 0 Å². The summed E-state index contributed by atoms with van der Waals surface area (Å²) in [5.74, 6) is 0.408. The van der Waals surface area contributed by atoms with E-state index in [0.717, 1.165) is 26.9 Å². The molecule has 0 bridgehead atoms. The zero-order chi connectivity index (χ0) is 20.8. The predicted molar refractivity (Wildman–Crippen MR) is 116 cm³/mol. The molecule has 0 atom stereocenters. The SMILES string of the molecule is COC(=O)c1ccc(CN(C)C(=O)c2ccc(CSc3nc(C)cs3)cc2)cc1. The van der Waals surface area contributed by atoms with E-state index in [2.05, 4.69) is 4.98 Å². The molecule has 2 aromatic carbocycles. The number of thioether (sulfide) groups is 1. The second-order valence-corrected chi connectivity index (χ2v) is 8.67. The molecular formula is C22H22N2O3S2. The van der Waals surface area contributed by atoms with Gasteiger partial charge in [0, 0.05) is 36.0 Å². The lowest BCUT2D eigenvalue weighted by Gasteiger charge is -2.17. The number of methoxy groups -OCH3 is 1. The number of hydrogen-bond donors (Lipinski definition) is 0. The summed E-state index contributed by atoms with van der Waals surface area (Å²) in [6.07, 6.45) is 0. The Balaban J connectivity index is 1.56. The third-order valence-corrected chi connectivity index (χ3v) is 6.51. The van der Waals surface area contributed by atoms with E-state index in [4.69, 9.17) is 4.74 Å². The number of hydrogen-bond acceptors (Lipinski definition) is 6. The van der Waals surface area contributed by atoms with E-state index < -0.39 is 0 Å². The Kier molecular flexibility index (Phi) is 7.06. The van der Waals surface area contributed by atoms with E-state index in [1.807, 2.05) is 48.7 Å². The first kappa shape index (κ1) is 21.1. The minimum Gasteiger partial charge on any atom is -0.465 e. The zero-order valence-electron chi connectivity index (χ0n) is 16.5. The average molecular weight is 427 g/mol. The molecule has 5 nitrogen and oxygen atoms in total. The Hall–Kier alpha value is -2.64. The highest BCUT2D eigenvalue weighted by Gasteiger charge is 2.13. The Morgan fingerprint density at radius 3 is 2.24 bits per heavy atom. The van der Waals surface area contributed by atoms with Gasteiger partial charge in [0.2, 0.25) is 0 Å². The van der Waals surface area contributed by atoms with Gasteiger partial charge in [-0.15, -0.1) is 11.3 Å². The van der Waals surface area contributed by atoms with Gasteiger partial charge in [-0.3, -0.25) is 4.79 Å². The Morgan fingerprint density at radius 2 is 1.66 bits per heavy atom. The highest BCUT2D eigenvalue weighted by atomic mass is 32.2. The van der Waals surface area contributed by atoms with Crippen LogP contribution >= 0.6 is 23.1 Å². The molecule has 0 saturated carbocycles. The maximum atomic E-state index is 12.7. The van der Waals surface area contributed by atoms with Gasteiger partial charge >= 0.3 is 5.97 Å². The number of carbonyl (C=O) groups is 2.